The van der Waals surface area contributed by atoms with Crippen LogP contribution in [0.2, 0.25) is 0 Å². The number of hydrogen-bond acceptors (Lipinski definition) is 3. The Morgan fingerprint density at radius 2 is 1.96 bits per heavy atom. The Morgan fingerprint density at radius 3 is 2.68 bits per heavy atom. The van der Waals surface area contributed by atoms with E-state index in [1.165, 1.54) is 21.9 Å². The normalized spacial score (nSPS) is 18.6. The van der Waals surface area contributed by atoms with E-state index < -0.39 is 23.6 Å². The fourth-order valence-electron chi connectivity index (χ4n) is 3.71. The molecule has 1 saturated heterocycles. The molecule has 28 heavy (non-hydrogen) atoms. The van der Waals surface area contributed by atoms with Crippen LogP contribution in [0.1, 0.15) is 27.4 Å². The Hall–Kier alpha value is -3.42. The van der Waals surface area contributed by atoms with Crippen LogP contribution in [-0.4, -0.2) is 47.5 Å². The van der Waals surface area contributed by atoms with Gasteiger partial charge in [0.1, 0.15) is 5.82 Å². The highest BCUT2D eigenvalue weighted by molar-refractivity contribution is 5.99. The predicted octanol–water partition coefficient (Wildman–Crippen LogP) is 2.18. The van der Waals surface area contributed by atoms with Crippen LogP contribution in [0.5, 0.6) is 0 Å². The average Bonchev–Trinajstić information content (AvgIpc) is 3.12. The summed E-state index contributed by atoms with van der Waals surface area (Å²) in [6.07, 6.45) is 0. The molecule has 0 radical (unpaired) electrons. The molecule has 3 amide bonds. The summed E-state index contributed by atoms with van der Waals surface area (Å²) in [6.45, 7) is 1.06. The monoisotopic (exact) mass is 383 g/mol. The number of urea groups is 1. The molecule has 4 rings (SSSR count). The molecule has 2 heterocycles. The zero-order chi connectivity index (χ0) is 19.8. The number of anilines is 1. The number of carbonyl (C=O) groups is 3. The van der Waals surface area contributed by atoms with Crippen molar-refractivity contribution in [1.82, 2.24) is 10.2 Å². The first-order valence-corrected chi connectivity index (χ1v) is 8.90. The lowest BCUT2D eigenvalue weighted by Gasteiger charge is -2.33. The van der Waals surface area contributed by atoms with Gasteiger partial charge in [0.15, 0.2) is 0 Å². The summed E-state index contributed by atoms with van der Waals surface area (Å²) in [6, 6.07) is 10.7. The maximum Gasteiger partial charge on any atom is 0.321 e. The van der Waals surface area contributed by atoms with Crippen LogP contribution in [0, 0.1) is 5.82 Å². The summed E-state index contributed by atoms with van der Waals surface area (Å²) in [5, 5.41) is 12.2. The molecule has 1 fully saturated rings. The van der Waals surface area contributed by atoms with Gasteiger partial charge in [-0.3, -0.25) is 14.5 Å². The van der Waals surface area contributed by atoms with E-state index in [1.807, 2.05) is 0 Å². The van der Waals surface area contributed by atoms with Crippen LogP contribution >= 0.6 is 0 Å². The maximum absolute atomic E-state index is 14.4. The van der Waals surface area contributed by atoms with Gasteiger partial charge in [-0.2, -0.15) is 0 Å². The highest BCUT2D eigenvalue weighted by Crippen LogP contribution is 2.30. The molecule has 0 saturated carbocycles. The van der Waals surface area contributed by atoms with Crippen LogP contribution in [0.15, 0.2) is 42.5 Å². The number of amides is 3. The van der Waals surface area contributed by atoms with E-state index in [0.29, 0.717) is 24.3 Å². The molecule has 144 valence electrons. The number of hydrogen-bond donors (Lipinski definition) is 2. The summed E-state index contributed by atoms with van der Waals surface area (Å²) in [7, 11) is 0. The first-order chi connectivity index (χ1) is 13.5. The quantitative estimate of drug-likeness (QED) is 0.850. The van der Waals surface area contributed by atoms with Crippen LogP contribution < -0.4 is 10.2 Å². The Morgan fingerprint density at radius 1 is 1.18 bits per heavy atom. The molecule has 2 aromatic rings. The molecular weight excluding hydrogens is 365 g/mol. The summed E-state index contributed by atoms with van der Waals surface area (Å²) in [4.78, 5) is 39.3. The van der Waals surface area contributed by atoms with Gasteiger partial charge in [-0.15, -0.1) is 0 Å². The fraction of sp³-hybridized carbons (Fsp3) is 0.250. The molecule has 1 unspecified atom stereocenters. The van der Waals surface area contributed by atoms with Crippen molar-refractivity contribution in [2.75, 3.05) is 24.5 Å². The standard InChI is InChI=1S/C20H18FN3O4/c21-17-6-5-13(24-8-7-22-20(24)28)9-15(17)18(25)23-10-12-3-1-2-4-14(12)16(11-23)19(26)27/h1-6,9,16H,7-8,10-11H2,(H,22,28)(H,26,27). The van der Waals surface area contributed by atoms with Gasteiger partial charge in [0.25, 0.3) is 5.91 Å². The van der Waals surface area contributed by atoms with Crippen molar-refractivity contribution in [1.29, 1.82) is 0 Å². The van der Waals surface area contributed by atoms with Gasteiger partial charge in [-0.1, -0.05) is 24.3 Å². The smallest absolute Gasteiger partial charge is 0.321 e. The highest BCUT2D eigenvalue weighted by Gasteiger charge is 2.34. The summed E-state index contributed by atoms with van der Waals surface area (Å²) < 4.78 is 14.4. The first-order valence-electron chi connectivity index (χ1n) is 8.90. The number of carboxylic acids is 1. The third kappa shape index (κ3) is 3.06. The van der Waals surface area contributed by atoms with E-state index >= 15 is 0 Å². The van der Waals surface area contributed by atoms with E-state index in [0.717, 1.165) is 11.6 Å². The van der Waals surface area contributed by atoms with Crippen molar-refractivity contribution < 1.29 is 23.9 Å². The third-order valence-corrected chi connectivity index (χ3v) is 5.13. The van der Waals surface area contributed by atoms with Gasteiger partial charge in [0, 0.05) is 31.9 Å². The number of benzene rings is 2. The van der Waals surface area contributed by atoms with Crippen LogP contribution in [0.4, 0.5) is 14.9 Å². The van der Waals surface area contributed by atoms with Gasteiger partial charge in [0.05, 0.1) is 11.5 Å². The minimum atomic E-state index is -1.03. The molecule has 0 aromatic heterocycles. The molecule has 7 nitrogen and oxygen atoms in total. The van der Waals surface area contributed by atoms with E-state index in [2.05, 4.69) is 5.32 Å². The lowest BCUT2D eigenvalue weighted by Crippen LogP contribution is -2.41. The topological polar surface area (TPSA) is 89.9 Å². The molecule has 0 spiro atoms. The minimum absolute atomic E-state index is 0.0426. The molecule has 2 N–H and O–H groups in total. The third-order valence-electron chi connectivity index (χ3n) is 5.13. The molecule has 2 aromatic carbocycles. The van der Waals surface area contributed by atoms with Gasteiger partial charge < -0.3 is 15.3 Å². The van der Waals surface area contributed by atoms with Crippen LogP contribution in [-0.2, 0) is 11.3 Å². The molecule has 8 heteroatoms. The molecule has 1 atom stereocenters. The van der Waals surface area contributed by atoms with E-state index in [-0.39, 0.29) is 24.7 Å². The number of rotatable bonds is 3. The molecular formula is C20H18FN3O4. The van der Waals surface area contributed by atoms with Gasteiger partial charge in [-0.05, 0) is 29.3 Å². The number of aliphatic carboxylic acids is 1. The molecule has 2 aliphatic heterocycles. The first kappa shape index (κ1) is 18.0. The second-order valence-corrected chi connectivity index (χ2v) is 6.82. The van der Waals surface area contributed by atoms with Crippen molar-refractivity contribution in [2.45, 2.75) is 12.5 Å². The van der Waals surface area contributed by atoms with Crippen LogP contribution in [0.25, 0.3) is 0 Å². The fourth-order valence-corrected chi connectivity index (χ4v) is 3.71. The van der Waals surface area contributed by atoms with Crippen molar-refractivity contribution in [3.63, 3.8) is 0 Å². The van der Waals surface area contributed by atoms with Crippen molar-refractivity contribution >= 4 is 23.6 Å². The number of nitrogens with one attached hydrogen (secondary N) is 1. The lowest BCUT2D eigenvalue weighted by atomic mass is 9.89. The molecule has 0 aliphatic carbocycles. The van der Waals surface area contributed by atoms with Crippen molar-refractivity contribution in [3.05, 3.63) is 65.0 Å². The van der Waals surface area contributed by atoms with Crippen LogP contribution in [0.3, 0.4) is 0 Å². The van der Waals surface area contributed by atoms with Gasteiger partial charge >= 0.3 is 12.0 Å². The van der Waals surface area contributed by atoms with Crippen molar-refractivity contribution in [2.24, 2.45) is 0 Å². The zero-order valence-corrected chi connectivity index (χ0v) is 14.9. The maximum atomic E-state index is 14.4. The summed E-state index contributed by atoms with van der Waals surface area (Å²) in [5.41, 5.74) is 1.64. The zero-order valence-electron chi connectivity index (χ0n) is 14.9. The second-order valence-electron chi connectivity index (χ2n) is 6.82. The molecule has 2 aliphatic rings. The second kappa shape index (κ2) is 6.95. The Kier molecular flexibility index (Phi) is 4.46. The number of nitrogens with zero attached hydrogens (tertiary/aromatic N) is 2. The highest BCUT2D eigenvalue weighted by atomic mass is 19.1. The average molecular weight is 383 g/mol. The number of halogens is 1. The Balaban J connectivity index is 1.66. The van der Waals surface area contributed by atoms with E-state index in [4.69, 9.17) is 0 Å². The predicted molar refractivity (Wildman–Crippen MR) is 98.7 cm³/mol. The SMILES string of the molecule is O=C(O)C1CN(C(=O)c2cc(N3CCNC3=O)ccc2F)Cc2ccccc21. The molecule has 0 bridgehead atoms. The number of carboxylic acid groups (broad SMARTS) is 1. The number of fused-ring (bicyclic) bond motifs is 1. The van der Waals surface area contributed by atoms with Gasteiger partial charge in [0.2, 0.25) is 0 Å². The van der Waals surface area contributed by atoms with Gasteiger partial charge in [-0.25, -0.2) is 9.18 Å². The Labute approximate surface area is 160 Å². The lowest BCUT2D eigenvalue weighted by molar-refractivity contribution is -0.139. The van der Waals surface area contributed by atoms with E-state index in [1.54, 1.807) is 24.3 Å². The summed E-state index contributed by atoms with van der Waals surface area (Å²) in [5.74, 6) is -3.21. The van der Waals surface area contributed by atoms with Crippen molar-refractivity contribution in [3.8, 4) is 0 Å². The summed E-state index contributed by atoms with van der Waals surface area (Å²) >= 11 is 0. The largest absolute Gasteiger partial charge is 0.481 e. The van der Waals surface area contributed by atoms with E-state index in [9.17, 15) is 23.9 Å². The Bertz CT molecular complexity index is 978. The minimum Gasteiger partial charge on any atom is -0.481 e. The number of carbonyl (C=O) groups excluding carboxylic acids is 2.